The van der Waals surface area contributed by atoms with Crippen molar-refractivity contribution in [2.75, 3.05) is 17.7 Å². The Bertz CT molecular complexity index is 1060. The van der Waals surface area contributed by atoms with Gasteiger partial charge in [0.1, 0.15) is 11.6 Å². The van der Waals surface area contributed by atoms with Crippen LogP contribution < -0.4 is 15.4 Å². The molecule has 2 amide bonds. The van der Waals surface area contributed by atoms with Crippen LogP contribution in [-0.2, 0) is 9.59 Å². The Labute approximate surface area is 197 Å². The summed E-state index contributed by atoms with van der Waals surface area (Å²) < 4.78 is 18.4. The molecule has 2 aromatic rings. The molecule has 6 nitrogen and oxygen atoms in total. The maximum absolute atomic E-state index is 13.2. The van der Waals surface area contributed by atoms with Crippen molar-refractivity contribution in [3.8, 4) is 5.75 Å². The molecule has 2 aliphatic rings. The van der Waals surface area contributed by atoms with E-state index in [-0.39, 0.29) is 35.8 Å². The number of halogens is 2. The fourth-order valence-corrected chi connectivity index (χ4v) is 5.09. The monoisotopic (exact) mass is 471 g/mol. The summed E-state index contributed by atoms with van der Waals surface area (Å²) in [6, 6.07) is 10.3. The maximum Gasteiger partial charge on any atom is 0.247 e. The van der Waals surface area contributed by atoms with E-state index in [0.717, 1.165) is 31.4 Å². The summed E-state index contributed by atoms with van der Waals surface area (Å²) in [4.78, 5) is 26.7. The van der Waals surface area contributed by atoms with Crippen LogP contribution in [0.15, 0.2) is 42.5 Å². The van der Waals surface area contributed by atoms with Crippen molar-refractivity contribution in [1.82, 2.24) is 4.90 Å². The predicted octanol–water partition coefficient (Wildman–Crippen LogP) is 5.09. The number of fused-ring (bicyclic) bond motifs is 2. The van der Waals surface area contributed by atoms with Gasteiger partial charge in [0, 0.05) is 48.1 Å². The molecule has 2 aromatic carbocycles. The Hall–Kier alpha value is -3.06. The van der Waals surface area contributed by atoms with Crippen LogP contribution in [0.2, 0.25) is 5.02 Å². The summed E-state index contributed by atoms with van der Waals surface area (Å²) in [5, 5.41) is 6.60. The van der Waals surface area contributed by atoms with Crippen LogP contribution in [0.1, 0.15) is 38.2 Å². The van der Waals surface area contributed by atoms with Gasteiger partial charge in [0.15, 0.2) is 0 Å². The average molecular weight is 472 g/mol. The molecule has 2 heterocycles. The number of piperidine rings is 1. The van der Waals surface area contributed by atoms with Crippen molar-refractivity contribution >= 4 is 40.9 Å². The molecule has 0 aromatic heterocycles. The molecule has 2 bridgehead atoms. The summed E-state index contributed by atoms with van der Waals surface area (Å²) in [7, 11) is 1.51. The molecule has 4 rings (SSSR count). The Morgan fingerprint density at radius 2 is 1.82 bits per heavy atom. The number of hydrogen-bond donors (Lipinski definition) is 2. The van der Waals surface area contributed by atoms with Crippen molar-refractivity contribution in [3.05, 3.63) is 58.9 Å². The molecular weight excluding hydrogens is 445 g/mol. The van der Waals surface area contributed by atoms with E-state index in [2.05, 4.69) is 10.6 Å². The zero-order chi connectivity index (χ0) is 23.5. The Kier molecular flexibility index (Phi) is 6.88. The minimum atomic E-state index is -0.257. The summed E-state index contributed by atoms with van der Waals surface area (Å²) in [5.41, 5.74) is 2.05. The number of nitrogens with one attached hydrogen (secondary N) is 2. The van der Waals surface area contributed by atoms with Gasteiger partial charge in [-0.3, -0.25) is 9.59 Å². The highest BCUT2D eigenvalue weighted by molar-refractivity contribution is 6.32. The van der Waals surface area contributed by atoms with Crippen LogP contribution in [-0.4, -0.2) is 41.9 Å². The van der Waals surface area contributed by atoms with Crippen LogP contribution in [0.4, 0.5) is 15.8 Å². The second-order valence-electron chi connectivity index (χ2n) is 8.54. The van der Waals surface area contributed by atoms with Gasteiger partial charge in [0.2, 0.25) is 11.8 Å². The van der Waals surface area contributed by atoms with E-state index in [9.17, 15) is 14.0 Å². The minimum Gasteiger partial charge on any atom is -0.495 e. The number of methoxy groups -OCH3 is 1. The number of benzene rings is 2. The molecule has 2 saturated heterocycles. The van der Waals surface area contributed by atoms with E-state index in [4.69, 9.17) is 16.3 Å². The van der Waals surface area contributed by atoms with Gasteiger partial charge in [-0.15, -0.1) is 0 Å². The van der Waals surface area contributed by atoms with Crippen molar-refractivity contribution in [1.29, 1.82) is 0 Å². The van der Waals surface area contributed by atoms with E-state index in [1.165, 1.54) is 26.2 Å². The number of carbonyl (C=O) groups is 2. The highest BCUT2D eigenvalue weighted by Crippen LogP contribution is 2.37. The standard InChI is InChI=1S/C25H27ClFN3O3/c1-15(31)28-23-14-22(26)24(33-2)11-16(23)3-10-25(32)30-20-8-9-21(30)13-19(12-20)29-18-6-4-17(27)5-7-18/h3-7,10-11,14,19-21,29H,8-9,12-13H2,1-2H3,(H,28,31)/t19-,20+,21-. The number of amides is 2. The fourth-order valence-electron chi connectivity index (χ4n) is 4.85. The molecule has 2 N–H and O–H groups in total. The summed E-state index contributed by atoms with van der Waals surface area (Å²) in [6.07, 6.45) is 6.87. The molecule has 0 unspecified atom stereocenters. The van der Waals surface area contributed by atoms with Crippen molar-refractivity contribution in [3.63, 3.8) is 0 Å². The molecule has 0 saturated carbocycles. The second kappa shape index (κ2) is 9.83. The molecule has 0 aliphatic carbocycles. The van der Waals surface area contributed by atoms with E-state index in [1.54, 1.807) is 36.4 Å². The van der Waals surface area contributed by atoms with Crippen LogP contribution in [0.5, 0.6) is 5.75 Å². The van der Waals surface area contributed by atoms with Crippen molar-refractivity contribution in [2.24, 2.45) is 0 Å². The Morgan fingerprint density at radius 3 is 2.42 bits per heavy atom. The molecule has 2 fully saturated rings. The van der Waals surface area contributed by atoms with E-state index < -0.39 is 0 Å². The predicted molar refractivity (Wildman–Crippen MR) is 128 cm³/mol. The number of anilines is 2. The Balaban J connectivity index is 1.46. The lowest BCUT2D eigenvalue weighted by Crippen LogP contribution is -2.49. The third-order valence-electron chi connectivity index (χ3n) is 6.24. The first kappa shape index (κ1) is 23.1. The molecule has 0 radical (unpaired) electrons. The van der Waals surface area contributed by atoms with Gasteiger partial charge >= 0.3 is 0 Å². The van der Waals surface area contributed by atoms with Crippen LogP contribution in [0.3, 0.4) is 0 Å². The molecule has 2 aliphatic heterocycles. The van der Waals surface area contributed by atoms with Crippen LogP contribution >= 0.6 is 11.6 Å². The molecule has 33 heavy (non-hydrogen) atoms. The van der Waals surface area contributed by atoms with Crippen molar-refractivity contribution in [2.45, 2.75) is 50.7 Å². The third kappa shape index (κ3) is 5.30. The second-order valence-corrected chi connectivity index (χ2v) is 8.95. The Morgan fingerprint density at radius 1 is 1.15 bits per heavy atom. The maximum atomic E-state index is 13.2. The normalized spacial score (nSPS) is 21.8. The van der Waals surface area contributed by atoms with Gasteiger partial charge in [-0.2, -0.15) is 0 Å². The van der Waals surface area contributed by atoms with E-state index in [1.807, 2.05) is 4.90 Å². The van der Waals surface area contributed by atoms with Gasteiger partial charge in [-0.25, -0.2) is 4.39 Å². The summed E-state index contributed by atoms with van der Waals surface area (Å²) in [5.74, 6) is -0.0742. The smallest absolute Gasteiger partial charge is 0.247 e. The molecular formula is C25H27ClFN3O3. The molecule has 8 heteroatoms. The number of nitrogens with zero attached hydrogens (tertiary/aromatic N) is 1. The number of rotatable bonds is 6. The topological polar surface area (TPSA) is 70.7 Å². The van der Waals surface area contributed by atoms with Crippen LogP contribution in [0, 0.1) is 5.82 Å². The quantitative estimate of drug-likeness (QED) is 0.575. The molecule has 0 spiro atoms. The van der Waals surface area contributed by atoms with Gasteiger partial charge in [-0.05, 0) is 68.2 Å². The summed E-state index contributed by atoms with van der Waals surface area (Å²) >= 11 is 6.20. The molecule has 3 atom stereocenters. The fraction of sp³-hybridized carbons (Fsp3) is 0.360. The van der Waals surface area contributed by atoms with Gasteiger partial charge in [0.25, 0.3) is 0 Å². The zero-order valence-corrected chi connectivity index (χ0v) is 19.4. The van der Waals surface area contributed by atoms with Gasteiger partial charge in [-0.1, -0.05) is 11.6 Å². The highest BCUT2D eigenvalue weighted by Gasteiger charge is 2.42. The van der Waals surface area contributed by atoms with E-state index in [0.29, 0.717) is 22.0 Å². The lowest BCUT2D eigenvalue weighted by atomic mass is 9.96. The minimum absolute atomic E-state index is 0.0505. The number of carbonyl (C=O) groups excluding carboxylic acids is 2. The third-order valence-corrected chi connectivity index (χ3v) is 6.54. The zero-order valence-electron chi connectivity index (χ0n) is 18.6. The molecule has 174 valence electrons. The average Bonchev–Trinajstić information content (AvgIpc) is 3.04. The van der Waals surface area contributed by atoms with Crippen molar-refractivity contribution < 1.29 is 18.7 Å². The van der Waals surface area contributed by atoms with Crippen LogP contribution in [0.25, 0.3) is 6.08 Å². The van der Waals surface area contributed by atoms with E-state index >= 15 is 0 Å². The SMILES string of the molecule is COc1cc(C=CC(=O)N2[C@@H]3CC[C@H]2C[C@@H](Nc2ccc(F)cc2)C3)c(NC(C)=O)cc1Cl. The van der Waals surface area contributed by atoms with Gasteiger partial charge < -0.3 is 20.3 Å². The lowest BCUT2D eigenvalue weighted by molar-refractivity contribution is -0.130. The first-order valence-corrected chi connectivity index (χ1v) is 11.4. The lowest BCUT2D eigenvalue weighted by Gasteiger charge is -2.39. The summed E-state index contributed by atoms with van der Waals surface area (Å²) in [6.45, 7) is 1.42. The first-order chi connectivity index (χ1) is 15.8. The number of ether oxygens (including phenoxy) is 1. The highest BCUT2D eigenvalue weighted by atomic mass is 35.5. The van der Waals surface area contributed by atoms with Gasteiger partial charge in [0.05, 0.1) is 12.1 Å². The largest absolute Gasteiger partial charge is 0.495 e. The first-order valence-electron chi connectivity index (χ1n) is 11.0. The number of hydrogen-bond acceptors (Lipinski definition) is 4.